The number of hydrogen-bond donors (Lipinski definition) is 0. The number of aromatic nitrogens is 2. The molecule has 0 aliphatic carbocycles. The van der Waals surface area contributed by atoms with Gasteiger partial charge in [0.15, 0.2) is 23.3 Å². The first kappa shape index (κ1) is 36.4. The molecule has 1 aromatic heterocycles. The number of rotatable bonds is 7. The van der Waals surface area contributed by atoms with E-state index in [4.69, 9.17) is 26.3 Å². The van der Waals surface area contributed by atoms with Crippen LogP contribution >= 0.6 is 11.6 Å². The topological polar surface area (TPSA) is 82.1 Å². The molecule has 3 aliphatic rings. The minimum absolute atomic E-state index is 0.0936. The van der Waals surface area contributed by atoms with Gasteiger partial charge in [0.1, 0.15) is 22.9 Å². The second-order valence-corrected chi connectivity index (χ2v) is 15.3. The van der Waals surface area contributed by atoms with E-state index in [0.29, 0.717) is 47.0 Å². The van der Waals surface area contributed by atoms with Crippen molar-refractivity contribution in [1.82, 2.24) is 19.2 Å². The standard InChI is InChI=1S/C34H32ClF7N6O3S/c1-45-11-4-7-20(45)18-51-33-43-23-17-47(24-9-3-6-19-5-2-8-22(35)25(19)24)12-10-21(23)32(44-33)46-13-15-48(16-14-46)52(49,50)31-26(34(40,41)42)27(36)28(37)29(38)30(31)39/h2-3,5-6,8-9,20H,4,7,10-18H2,1H3/t20-/m0/s1. The lowest BCUT2D eigenvalue weighted by molar-refractivity contribution is -0.143. The van der Waals surface area contributed by atoms with Gasteiger partial charge in [-0.25, -0.2) is 26.0 Å². The molecular weight excluding hydrogens is 741 g/mol. The lowest BCUT2D eigenvalue weighted by Gasteiger charge is -2.38. The molecule has 0 unspecified atom stereocenters. The smallest absolute Gasteiger partial charge is 0.420 e. The van der Waals surface area contributed by atoms with E-state index >= 15 is 0 Å². The molecule has 2 saturated heterocycles. The number of ether oxygens (including phenoxy) is 1. The largest absolute Gasteiger partial charge is 0.462 e. The number of sulfonamides is 1. The van der Waals surface area contributed by atoms with Crippen LogP contribution in [0.15, 0.2) is 41.3 Å². The number of likely N-dealkylation sites (N-methyl/N-ethyl adjacent to an activating group) is 1. The molecule has 0 N–H and O–H groups in total. The number of piperazine rings is 1. The predicted molar refractivity (Wildman–Crippen MR) is 179 cm³/mol. The molecule has 52 heavy (non-hydrogen) atoms. The number of benzene rings is 3. The maximum atomic E-state index is 14.8. The zero-order chi connectivity index (χ0) is 37.1. The molecule has 4 heterocycles. The maximum absolute atomic E-state index is 14.8. The van der Waals surface area contributed by atoms with Gasteiger partial charge in [-0.1, -0.05) is 35.9 Å². The third kappa shape index (κ3) is 6.49. The third-order valence-corrected chi connectivity index (χ3v) is 12.2. The second kappa shape index (κ2) is 13.8. The number of alkyl halides is 3. The minimum atomic E-state index is -5.85. The zero-order valence-corrected chi connectivity index (χ0v) is 29.2. The average molecular weight is 773 g/mol. The van der Waals surface area contributed by atoms with E-state index in [-0.39, 0.29) is 25.1 Å². The number of nitrogens with zero attached hydrogens (tertiary/aromatic N) is 6. The maximum Gasteiger partial charge on any atom is 0.420 e. The van der Waals surface area contributed by atoms with Gasteiger partial charge in [0.25, 0.3) is 0 Å². The van der Waals surface area contributed by atoms with Crippen LogP contribution in [0.4, 0.5) is 42.2 Å². The summed E-state index contributed by atoms with van der Waals surface area (Å²) in [7, 11) is -3.50. The van der Waals surface area contributed by atoms with Crippen molar-refractivity contribution < 1.29 is 43.9 Å². The summed E-state index contributed by atoms with van der Waals surface area (Å²) in [5.74, 6) is -10.5. The van der Waals surface area contributed by atoms with Gasteiger partial charge in [-0.05, 0) is 50.4 Å². The molecule has 3 aliphatic heterocycles. The molecule has 7 rings (SSSR count). The molecular formula is C34H32ClF7N6O3S. The highest BCUT2D eigenvalue weighted by molar-refractivity contribution is 7.89. The lowest BCUT2D eigenvalue weighted by atomic mass is 10.0. The fourth-order valence-corrected chi connectivity index (χ4v) is 9.16. The highest BCUT2D eigenvalue weighted by Crippen LogP contribution is 2.42. The third-order valence-electron chi connectivity index (χ3n) is 9.92. The van der Waals surface area contributed by atoms with Gasteiger partial charge in [-0.2, -0.15) is 27.4 Å². The van der Waals surface area contributed by atoms with Crippen LogP contribution in [0.3, 0.4) is 0 Å². The molecule has 1 atom stereocenters. The summed E-state index contributed by atoms with van der Waals surface area (Å²) >= 11 is 6.63. The van der Waals surface area contributed by atoms with Gasteiger partial charge in [0.05, 0.1) is 17.3 Å². The van der Waals surface area contributed by atoms with E-state index in [2.05, 4.69) is 9.80 Å². The number of likely N-dealkylation sites (tertiary alicyclic amines) is 1. The molecule has 0 amide bonds. The van der Waals surface area contributed by atoms with E-state index in [1.807, 2.05) is 43.4 Å². The van der Waals surface area contributed by atoms with Crippen molar-refractivity contribution in [3.63, 3.8) is 0 Å². The van der Waals surface area contributed by atoms with Gasteiger partial charge in [0, 0.05) is 55.4 Å². The lowest BCUT2D eigenvalue weighted by Crippen LogP contribution is -2.50. The molecule has 18 heteroatoms. The first-order valence-corrected chi connectivity index (χ1v) is 18.3. The molecule has 4 aromatic rings. The van der Waals surface area contributed by atoms with Crippen LogP contribution in [0.5, 0.6) is 6.01 Å². The SMILES string of the molecule is CN1CCC[C@H]1COc1nc2c(c(N3CCN(S(=O)(=O)c4c(F)c(F)c(F)c(F)c4C(F)(F)F)CC3)n1)CCN(c1cccc3cccc(Cl)c13)C2. The van der Waals surface area contributed by atoms with E-state index in [0.717, 1.165) is 41.4 Å². The summed E-state index contributed by atoms with van der Waals surface area (Å²) in [4.78, 5) is 13.2. The molecule has 0 bridgehead atoms. The molecule has 2 fully saturated rings. The number of anilines is 2. The van der Waals surface area contributed by atoms with Crippen molar-refractivity contribution in [3.8, 4) is 6.01 Å². The van der Waals surface area contributed by atoms with Gasteiger partial charge in [0.2, 0.25) is 10.0 Å². The van der Waals surface area contributed by atoms with E-state index < -0.39 is 63.0 Å². The van der Waals surface area contributed by atoms with Crippen LogP contribution < -0.4 is 14.5 Å². The summed E-state index contributed by atoms with van der Waals surface area (Å²) in [6.07, 6.45) is -3.44. The summed E-state index contributed by atoms with van der Waals surface area (Å²) in [5.41, 5.74) is -0.415. The van der Waals surface area contributed by atoms with Crippen LogP contribution in [0, 0.1) is 23.3 Å². The Morgan fingerprint density at radius 3 is 2.25 bits per heavy atom. The Hall–Kier alpha value is -3.93. The summed E-state index contributed by atoms with van der Waals surface area (Å²) in [6, 6.07) is 11.8. The quantitative estimate of drug-likeness (QED) is 0.121. The highest BCUT2D eigenvalue weighted by Gasteiger charge is 2.47. The van der Waals surface area contributed by atoms with Crippen LogP contribution in [-0.2, 0) is 29.2 Å². The number of fused-ring (bicyclic) bond motifs is 2. The fraction of sp³-hybridized carbons (Fsp3) is 0.412. The van der Waals surface area contributed by atoms with Crippen LogP contribution in [0.2, 0.25) is 5.02 Å². The Balaban J connectivity index is 1.20. The normalized spacial score (nSPS) is 19.1. The Bertz CT molecular complexity index is 2150. The van der Waals surface area contributed by atoms with Crippen LogP contribution in [0.1, 0.15) is 29.7 Å². The first-order valence-electron chi connectivity index (χ1n) is 16.5. The van der Waals surface area contributed by atoms with Gasteiger partial charge < -0.3 is 19.4 Å². The Labute approximate surface area is 299 Å². The second-order valence-electron chi connectivity index (χ2n) is 13.0. The zero-order valence-electron chi connectivity index (χ0n) is 27.7. The average Bonchev–Trinajstić information content (AvgIpc) is 3.54. The highest BCUT2D eigenvalue weighted by atomic mass is 35.5. The summed E-state index contributed by atoms with van der Waals surface area (Å²) < 4.78 is 132. The van der Waals surface area contributed by atoms with E-state index in [9.17, 15) is 39.2 Å². The fourth-order valence-electron chi connectivity index (χ4n) is 7.20. The number of hydrogen-bond acceptors (Lipinski definition) is 8. The summed E-state index contributed by atoms with van der Waals surface area (Å²) in [6.45, 7) is 0.869. The van der Waals surface area contributed by atoms with Crippen molar-refractivity contribution in [3.05, 3.63) is 81.5 Å². The van der Waals surface area contributed by atoms with Crippen molar-refractivity contribution in [2.45, 2.75) is 42.9 Å². The predicted octanol–water partition coefficient (Wildman–Crippen LogP) is 6.41. The summed E-state index contributed by atoms with van der Waals surface area (Å²) in [5, 5.41) is 2.44. The Kier molecular flexibility index (Phi) is 9.67. The van der Waals surface area contributed by atoms with E-state index in [1.165, 1.54) is 0 Å². The van der Waals surface area contributed by atoms with Crippen molar-refractivity contribution in [1.29, 1.82) is 0 Å². The Morgan fingerprint density at radius 1 is 0.885 bits per heavy atom. The minimum Gasteiger partial charge on any atom is -0.462 e. The van der Waals surface area contributed by atoms with Crippen molar-refractivity contribution >= 4 is 43.9 Å². The van der Waals surface area contributed by atoms with Crippen molar-refractivity contribution in [2.75, 3.05) is 62.7 Å². The van der Waals surface area contributed by atoms with Crippen molar-refractivity contribution in [2.24, 2.45) is 0 Å². The molecule has 9 nitrogen and oxygen atoms in total. The number of halogens is 8. The monoisotopic (exact) mass is 772 g/mol. The Morgan fingerprint density at radius 2 is 1.58 bits per heavy atom. The molecule has 0 saturated carbocycles. The van der Waals surface area contributed by atoms with Gasteiger partial charge >= 0.3 is 12.2 Å². The first-order chi connectivity index (χ1) is 24.7. The van der Waals surface area contributed by atoms with Gasteiger partial charge in [-0.3, -0.25) is 0 Å². The van der Waals surface area contributed by atoms with Crippen LogP contribution in [-0.4, -0.2) is 86.6 Å². The van der Waals surface area contributed by atoms with E-state index in [1.54, 1.807) is 4.90 Å². The molecule has 0 radical (unpaired) electrons. The van der Waals surface area contributed by atoms with Gasteiger partial charge in [-0.15, -0.1) is 0 Å². The van der Waals surface area contributed by atoms with Crippen LogP contribution in [0.25, 0.3) is 10.8 Å². The molecule has 3 aromatic carbocycles. The molecule has 0 spiro atoms. The molecule has 278 valence electrons.